The van der Waals surface area contributed by atoms with E-state index in [4.69, 9.17) is 4.74 Å². The zero-order valence-electron chi connectivity index (χ0n) is 17.1. The summed E-state index contributed by atoms with van der Waals surface area (Å²) in [5.74, 6) is -0.0340. The second-order valence-corrected chi connectivity index (χ2v) is 8.50. The van der Waals surface area contributed by atoms with Crippen molar-refractivity contribution in [2.24, 2.45) is 5.41 Å². The van der Waals surface area contributed by atoms with Crippen LogP contribution in [-0.2, 0) is 9.53 Å². The predicted molar refractivity (Wildman–Crippen MR) is 109 cm³/mol. The normalized spacial score (nSPS) is 19.5. The number of hydrogen-bond donors (Lipinski definition) is 1. The van der Waals surface area contributed by atoms with Crippen molar-refractivity contribution in [2.45, 2.75) is 32.6 Å². The third kappa shape index (κ3) is 3.84. The van der Waals surface area contributed by atoms with E-state index in [-0.39, 0.29) is 11.9 Å². The monoisotopic (exact) mass is 382 g/mol. The summed E-state index contributed by atoms with van der Waals surface area (Å²) in [5.41, 5.74) is 4.78. The van der Waals surface area contributed by atoms with Gasteiger partial charge in [-0.05, 0) is 50.6 Å². The zero-order valence-corrected chi connectivity index (χ0v) is 17.1. The van der Waals surface area contributed by atoms with Gasteiger partial charge in [-0.2, -0.15) is 5.10 Å². The lowest BCUT2D eigenvalue weighted by atomic mass is 9.81. The summed E-state index contributed by atoms with van der Waals surface area (Å²) in [4.78, 5) is 14.6. The van der Waals surface area contributed by atoms with Crippen LogP contribution in [0.5, 0.6) is 0 Å². The van der Waals surface area contributed by atoms with E-state index in [1.165, 1.54) is 19.1 Å². The Labute approximate surface area is 166 Å². The maximum absolute atomic E-state index is 12.1. The van der Waals surface area contributed by atoms with E-state index in [0.717, 1.165) is 49.8 Å². The molecule has 6 heteroatoms. The molecule has 1 atom stereocenters. The van der Waals surface area contributed by atoms with Crippen LogP contribution in [0.3, 0.4) is 0 Å². The number of likely N-dealkylation sites (tertiary alicyclic amines) is 1. The minimum absolute atomic E-state index is 0.118. The van der Waals surface area contributed by atoms with Gasteiger partial charge in [0.2, 0.25) is 0 Å². The summed E-state index contributed by atoms with van der Waals surface area (Å²) in [6.45, 7) is 9.43. The van der Waals surface area contributed by atoms with Gasteiger partial charge in [0.15, 0.2) is 0 Å². The molecule has 1 aromatic heterocycles. The van der Waals surface area contributed by atoms with Gasteiger partial charge in [-0.15, -0.1) is 0 Å². The van der Waals surface area contributed by atoms with Crippen LogP contribution in [0.1, 0.15) is 35.7 Å². The number of aryl methyl sites for hydroxylation is 2. The largest absolute Gasteiger partial charge is 0.469 e. The number of benzene rings is 1. The van der Waals surface area contributed by atoms with Crippen LogP contribution >= 0.6 is 0 Å². The Bertz CT molecular complexity index is 856. The molecule has 0 radical (unpaired) electrons. The molecule has 1 spiro atoms. The fourth-order valence-electron chi connectivity index (χ4n) is 4.64. The smallest absolute Gasteiger partial charge is 0.306 e. The Balaban J connectivity index is 1.56. The molecule has 1 aromatic carbocycles. The van der Waals surface area contributed by atoms with Crippen molar-refractivity contribution in [3.05, 3.63) is 47.3 Å². The molecule has 2 aromatic rings. The zero-order chi connectivity index (χ0) is 19.7. The highest BCUT2D eigenvalue weighted by atomic mass is 16.5. The summed E-state index contributed by atoms with van der Waals surface area (Å²) < 4.78 is 6.96. The molecule has 0 bridgehead atoms. The molecule has 0 amide bonds. The summed E-state index contributed by atoms with van der Waals surface area (Å²) in [6, 6.07) is 10.5. The number of ether oxygens (including phenoxy) is 1. The lowest BCUT2D eigenvalue weighted by Crippen LogP contribution is -2.54. The number of carbonyl (C=O) groups is 1. The molecule has 150 valence electrons. The van der Waals surface area contributed by atoms with E-state index in [2.05, 4.69) is 52.6 Å². The third-order valence-electron chi connectivity index (χ3n) is 6.23. The Morgan fingerprint density at radius 2 is 2.14 bits per heavy atom. The van der Waals surface area contributed by atoms with Crippen molar-refractivity contribution in [3.63, 3.8) is 0 Å². The number of nitrogens with one attached hydrogen (secondary N) is 1. The second kappa shape index (κ2) is 7.68. The van der Waals surface area contributed by atoms with Gasteiger partial charge in [-0.1, -0.05) is 12.1 Å². The quantitative estimate of drug-likeness (QED) is 0.778. The van der Waals surface area contributed by atoms with Gasteiger partial charge < -0.3 is 15.0 Å². The Morgan fingerprint density at radius 1 is 1.32 bits per heavy atom. The molecule has 0 saturated carbocycles. The van der Waals surface area contributed by atoms with E-state index in [9.17, 15) is 4.79 Å². The van der Waals surface area contributed by atoms with Crippen LogP contribution in [0.2, 0.25) is 0 Å². The molecule has 28 heavy (non-hydrogen) atoms. The van der Waals surface area contributed by atoms with Gasteiger partial charge in [0.25, 0.3) is 0 Å². The molecule has 0 aliphatic carbocycles. The minimum atomic E-state index is -0.152. The molecule has 3 heterocycles. The molecule has 2 aliphatic rings. The van der Waals surface area contributed by atoms with Crippen molar-refractivity contribution in [1.29, 1.82) is 0 Å². The number of aromatic nitrogens is 2. The fourth-order valence-corrected chi connectivity index (χ4v) is 4.64. The third-order valence-corrected chi connectivity index (χ3v) is 6.23. The first-order valence-electron chi connectivity index (χ1n) is 10.1. The van der Waals surface area contributed by atoms with Crippen LogP contribution in [0.4, 0.5) is 0 Å². The van der Waals surface area contributed by atoms with Crippen molar-refractivity contribution < 1.29 is 9.53 Å². The van der Waals surface area contributed by atoms with E-state index >= 15 is 0 Å². The number of nitrogens with zero attached hydrogens (tertiary/aromatic N) is 3. The highest BCUT2D eigenvalue weighted by molar-refractivity contribution is 5.70. The van der Waals surface area contributed by atoms with E-state index < -0.39 is 0 Å². The summed E-state index contributed by atoms with van der Waals surface area (Å²) in [5, 5.41) is 8.02. The van der Waals surface area contributed by atoms with Crippen molar-refractivity contribution in [1.82, 2.24) is 20.0 Å². The molecular weight excluding hydrogens is 352 g/mol. The first-order chi connectivity index (χ1) is 13.5. The Kier molecular flexibility index (Phi) is 5.25. The molecule has 6 nitrogen and oxygen atoms in total. The van der Waals surface area contributed by atoms with Gasteiger partial charge in [0.05, 0.1) is 24.9 Å². The van der Waals surface area contributed by atoms with Crippen molar-refractivity contribution in [3.8, 4) is 5.69 Å². The van der Waals surface area contributed by atoms with E-state index in [1.54, 1.807) is 0 Å². The highest BCUT2D eigenvalue weighted by Crippen LogP contribution is 2.35. The van der Waals surface area contributed by atoms with E-state index in [1.807, 2.05) is 11.6 Å². The van der Waals surface area contributed by atoms with Gasteiger partial charge in [-0.25, -0.2) is 4.68 Å². The van der Waals surface area contributed by atoms with Crippen LogP contribution < -0.4 is 5.32 Å². The van der Waals surface area contributed by atoms with Crippen LogP contribution in [-0.4, -0.2) is 60.5 Å². The summed E-state index contributed by atoms with van der Waals surface area (Å²) in [7, 11) is 1.47. The first-order valence-corrected chi connectivity index (χ1v) is 10.1. The Morgan fingerprint density at radius 3 is 2.75 bits per heavy atom. The van der Waals surface area contributed by atoms with Crippen molar-refractivity contribution in [2.75, 3.05) is 39.8 Å². The number of esters is 1. The van der Waals surface area contributed by atoms with Crippen LogP contribution in [0.15, 0.2) is 30.3 Å². The maximum Gasteiger partial charge on any atom is 0.306 e. The van der Waals surface area contributed by atoms with Crippen molar-refractivity contribution >= 4 is 5.97 Å². The minimum Gasteiger partial charge on any atom is -0.469 e. The Hall–Kier alpha value is -2.18. The fraction of sp³-hybridized carbons (Fsp3) is 0.545. The molecule has 2 saturated heterocycles. The number of carbonyl (C=O) groups excluding carboxylic acids is 1. The molecule has 1 N–H and O–H groups in total. The average Bonchev–Trinajstić information content (AvgIpc) is 3.24. The number of hydrogen-bond acceptors (Lipinski definition) is 5. The SMILES string of the molecule is COC(=O)C[C@H](CN1CCC2(CNC2)C1)c1cccc(-n2nc(C)cc2C)c1. The standard InChI is InChI=1S/C22H30N4O2/c1-16-9-17(2)26(24-16)20-6-4-5-18(10-20)19(11-21(27)28-3)12-25-8-7-22(15-25)13-23-14-22/h4-6,9-10,19,23H,7-8,11-15H2,1-3H3/t19-/m1/s1. The molecule has 4 rings (SSSR count). The highest BCUT2D eigenvalue weighted by Gasteiger charge is 2.43. The predicted octanol–water partition coefficient (Wildman–Crippen LogP) is 2.43. The van der Waals surface area contributed by atoms with Crippen LogP contribution in [0, 0.1) is 19.3 Å². The summed E-state index contributed by atoms with van der Waals surface area (Å²) >= 11 is 0. The average molecular weight is 383 g/mol. The van der Waals surface area contributed by atoms with Gasteiger partial charge in [-0.3, -0.25) is 4.79 Å². The lowest BCUT2D eigenvalue weighted by molar-refractivity contribution is -0.141. The van der Waals surface area contributed by atoms with Gasteiger partial charge >= 0.3 is 5.97 Å². The molecular formula is C22H30N4O2. The lowest BCUT2D eigenvalue weighted by Gasteiger charge is -2.39. The van der Waals surface area contributed by atoms with E-state index in [0.29, 0.717) is 11.8 Å². The number of rotatable bonds is 6. The maximum atomic E-state index is 12.1. The number of methoxy groups -OCH3 is 1. The topological polar surface area (TPSA) is 59.4 Å². The first kappa shape index (κ1) is 19.2. The molecule has 0 unspecified atom stereocenters. The van der Waals surface area contributed by atoms with Crippen LogP contribution in [0.25, 0.3) is 5.69 Å². The summed E-state index contributed by atoms with van der Waals surface area (Å²) in [6.07, 6.45) is 1.65. The molecule has 2 fully saturated rings. The molecule has 2 aliphatic heterocycles. The van der Waals surface area contributed by atoms with Gasteiger partial charge in [0, 0.05) is 43.2 Å². The van der Waals surface area contributed by atoms with Gasteiger partial charge in [0.1, 0.15) is 0 Å². The second-order valence-electron chi connectivity index (χ2n) is 8.50.